The Kier molecular flexibility index (Phi) is 3.37. The highest BCUT2D eigenvalue weighted by atomic mass is 16.5. The molecule has 1 aromatic rings. The van der Waals surface area contributed by atoms with Crippen molar-refractivity contribution in [2.75, 3.05) is 33.0 Å². The van der Waals surface area contributed by atoms with Gasteiger partial charge in [-0.3, -0.25) is 0 Å². The van der Waals surface area contributed by atoms with Crippen molar-refractivity contribution in [1.82, 2.24) is 5.32 Å². The van der Waals surface area contributed by atoms with E-state index in [0.717, 1.165) is 39.4 Å². The first-order valence-electron chi connectivity index (χ1n) is 6.75. The fraction of sp³-hybridized carbons (Fsp3) is 0.600. The SMILES string of the molecule is Cc1ccc(C2(CC3COCCN3)COC2)cc1. The van der Waals surface area contributed by atoms with Crippen LogP contribution in [-0.2, 0) is 14.9 Å². The van der Waals surface area contributed by atoms with E-state index in [1.54, 1.807) is 0 Å². The summed E-state index contributed by atoms with van der Waals surface area (Å²) in [6.45, 7) is 6.44. The van der Waals surface area contributed by atoms with Crippen LogP contribution in [0.5, 0.6) is 0 Å². The van der Waals surface area contributed by atoms with E-state index in [1.807, 2.05) is 0 Å². The second-order valence-corrected chi connectivity index (χ2v) is 5.57. The zero-order valence-corrected chi connectivity index (χ0v) is 10.9. The maximum atomic E-state index is 5.55. The van der Waals surface area contributed by atoms with E-state index >= 15 is 0 Å². The number of benzene rings is 1. The number of hydrogen-bond donors (Lipinski definition) is 1. The molecule has 1 unspecified atom stereocenters. The van der Waals surface area contributed by atoms with Crippen LogP contribution in [-0.4, -0.2) is 39.0 Å². The Morgan fingerprint density at radius 2 is 2.00 bits per heavy atom. The summed E-state index contributed by atoms with van der Waals surface area (Å²) in [5.74, 6) is 0. The van der Waals surface area contributed by atoms with Crippen molar-refractivity contribution < 1.29 is 9.47 Å². The van der Waals surface area contributed by atoms with Gasteiger partial charge in [-0.1, -0.05) is 29.8 Å². The molecule has 2 saturated heterocycles. The monoisotopic (exact) mass is 247 g/mol. The smallest absolute Gasteiger partial charge is 0.0620 e. The van der Waals surface area contributed by atoms with Crippen molar-refractivity contribution in [3.8, 4) is 0 Å². The molecule has 0 bridgehead atoms. The lowest BCUT2D eigenvalue weighted by Gasteiger charge is -2.45. The molecule has 3 nitrogen and oxygen atoms in total. The molecule has 0 saturated carbocycles. The van der Waals surface area contributed by atoms with Crippen molar-refractivity contribution in [1.29, 1.82) is 0 Å². The van der Waals surface area contributed by atoms with Gasteiger partial charge in [0.25, 0.3) is 0 Å². The third-order valence-corrected chi connectivity index (χ3v) is 4.06. The maximum Gasteiger partial charge on any atom is 0.0620 e. The van der Waals surface area contributed by atoms with Gasteiger partial charge in [0.15, 0.2) is 0 Å². The van der Waals surface area contributed by atoms with Gasteiger partial charge in [0, 0.05) is 18.0 Å². The molecule has 18 heavy (non-hydrogen) atoms. The third kappa shape index (κ3) is 2.30. The summed E-state index contributed by atoms with van der Waals surface area (Å²) >= 11 is 0. The van der Waals surface area contributed by atoms with Crippen molar-refractivity contribution in [2.45, 2.75) is 24.8 Å². The van der Waals surface area contributed by atoms with E-state index in [4.69, 9.17) is 9.47 Å². The minimum atomic E-state index is 0.200. The van der Waals surface area contributed by atoms with Crippen LogP contribution in [0.3, 0.4) is 0 Å². The van der Waals surface area contributed by atoms with Crippen LogP contribution in [0.4, 0.5) is 0 Å². The molecular formula is C15H21NO2. The van der Waals surface area contributed by atoms with Gasteiger partial charge in [0.2, 0.25) is 0 Å². The van der Waals surface area contributed by atoms with Gasteiger partial charge in [0.05, 0.1) is 26.4 Å². The van der Waals surface area contributed by atoms with Gasteiger partial charge in [-0.05, 0) is 18.9 Å². The summed E-state index contributed by atoms with van der Waals surface area (Å²) in [6, 6.07) is 9.35. The van der Waals surface area contributed by atoms with Gasteiger partial charge in [-0.2, -0.15) is 0 Å². The molecule has 2 aliphatic heterocycles. The molecule has 0 aliphatic carbocycles. The molecule has 1 N–H and O–H groups in total. The van der Waals surface area contributed by atoms with Crippen molar-refractivity contribution in [2.24, 2.45) is 0 Å². The van der Waals surface area contributed by atoms with E-state index in [-0.39, 0.29) is 5.41 Å². The number of rotatable bonds is 3. The molecule has 0 radical (unpaired) electrons. The topological polar surface area (TPSA) is 30.5 Å². The molecule has 1 atom stereocenters. The quantitative estimate of drug-likeness (QED) is 0.881. The molecule has 0 amide bonds. The molecule has 0 spiro atoms. The van der Waals surface area contributed by atoms with E-state index < -0.39 is 0 Å². The van der Waals surface area contributed by atoms with Crippen molar-refractivity contribution in [3.05, 3.63) is 35.4 Å². The molecule has 2 heterocycles. The molecule has 1 aromatic carbocycles. The average molecular weight is 247 g/mol. The number of nitrogens with one attached hydrogen (secondary N) is 1. The summed E-state index contributed by atoms with van der Waals surface area (Å²) in [6.07, 6.45) is 1.11. The second kappa shape index (κ2) is 5.00. The minimum Gasteiger partial charge on any atom is -0.379 e. The summed E-state index contributed by atoms with van der Waals surface area (Å²) in [5.41, 5.74) is 2.92. The van der Waals surface area contributed by atoms with Crippen LogP contribution >= 0.6 is 0 Å². The van der Waals surface area contributed by atoms with Gasteiger partial charge in [-0.15, -0.1) is 0 Å². The fourth-order valence-corrected chi connectivity index (χ4v) is 2.88. The second-order valence-electron chi connectivity index (χ2n) is 5.57. The highest BCUT2D eigenvalue weighted by molar-refractivity contribution is 5.31. The number of morpholine rings is 1. The first kappa shape index (κ1) is 12.2. The number of aryl methyl sites for hydroxylation is 1. The Balaban J connectivity index is 1.74. The summed E-state index contributed by atoms with van der Waals surface area (Å²) in [5, 5.41) is 3.54. The third-order valence-electron chi connectivity index (χ3n) is 4.06. The average Bonchev–Trinajstić information content (AvgIpc) is 2.36. The van der Waals surface area contributed by atoms with Gasteiger partial charge < -0.3 is 14.8 Å². The van der Waals surface area contributed by atoms with Crippen molar-refractivity contribution in [3.63, 3.8) is 0 Å². The van der Waals surface area contributed by atoms with Crippen LogP contribution in [0.2, 0.25) is 0 Å². The van der Waals surface area contributed by atoms with Gasteiger partial charge in [-0.25, -0.2) is 0 Å². The zero-order chi connectivity index (χ0) is 12.4. The molecule has 0 aromatic heterocycles. The molecule has 3 heteroatoms. The Morgan fingerprint density at radius 3 is 2.56 bits per heavy atom. The van der Waals surface area contributed by atoms with Crippen LogP contribution < -0.4 is 5.32 Å². The molecule has 2 aliphatic rings. The zero-order valence-electron chi connectivity index (χ0n) is 10.9. The van der Waals surface area contributed by atoms with E-state index in [1.165, 1.54) is 11.1 Å². The minimum absolute atomic E-state index is 0.200. The summed E-state index contributed by atoms with van der Waals surface area (Å²) in [4.78, 5) is 0. The van der Waals surface area contributed by atoms with Gasteiger partial charge >= 0.3 is 0 Å². The van der Waals surface area contributed by atoms with Crippen LogP contribution in [0.15, 0.2) is 24.3 Å². The largest absolute Gasteiger partial charge is 0.379 e. The number of hydrogen-bond acceptors (Lipinski definition) is 3. The highest BCUT2D eigenvalue weighted by Gasteiger charge is 2.42. The maximum absolute atomic E-state index is 5.55. The summed E-state index contributed by atoms with van der Waals surface area (Å²) < 4.78 is 11.0. The first-order chi connectivity index (χ1) is 8.78. The van der Waals surface area contributed by atoms with Crippen molar-refractivity contribution >= 4 is 0 Å². The lowest BCUT2D eigenvalue weighted by atomic mass is 9.73. The van der Waals surface area contributed by atoms with Crippen LogP contribution in [0.1, 0.15) is 17.5 Å². The predicted octanol–water partition coefficient (Wildman–Crippen LogP) is 1.64. The molecule has 3 rings (SSSR count). The molecule has 98 valence electrons. The standard InChI is InChI=1S/C15H21NO2/c1-12-2-4-13(5-3-12)15(10-18-11-15)8-14-9-17-7-6-16-14/h2-5,14,16H,6-11H2,1H3. The highest BCUT2D eigenvalue weighted by Crippen LogP contribution is 2.37. The Hall–Kier alpha value is -0.900. The van der Waals surface area contributed by atoms with E-state index in [9.17, 15) is 0 Å². The Labute approximate surface area is 108 Å². The Bertz CT molecular complexity index is 391. The predicted molar refractivity (Wildman–Crippen MR) is 70.9 cm³/mol. The summed E-state index contributed by atoms with van der Waals surface area (Å²) in [7, 11) is 0. The normalized spacial score (nSPS) is 26.6. The van der Waals surface area contributed by atoms with Gasteiger partial charge in [0.1, 0.15) is 0 Å². The van der Waals surface area contributed by atoms with Crippen LogP contribution in [0, 0.1) is 6.92 Å². The number of ether oxygens (including phenoxy) is 2. The fourth-order valence-electron chi connectivity index (χ4n) is 2.88. The molecule has 2 fully saturated rings. The Morgan fingerprint density at radius 1 is 1.22 bits per heavy atom. The lowest BCUT2D eigenvalue weighted by molar-refractivity contribution is -0.0753. The van der Waals surface area contributed by atoms with Crippen LogP contribution in [0.25, 0.3) is 0 Å². The molecular weight excluding hydrogens is 226 g/mol. The first-order valence-corrected chi connectivity index (χ1v) is 6.75. The lowest BCUT2D eigenvalue weighted by Crippen LogP contribution is -2.53. The van der Waals surface area contributed by atoms with E-state index in [0.29, 0.717) is 6.04 Å². The van der Waals surface area contributed by atoms with E-state index in [2.05, 4.69) is 36.5 Å².